The average molecular weight is 425 g/mol. The Morgan fingerprint density at radius 2 is 1.97 bits per heavy atom. The van der Waals surface area contributed by atoms with Crippen molar-refractivity contribution >= 4 is 28.2 Å². The van der Waals surface area contributed by atoms with Gasteiger partial charge in [-0.05, 0) is 48.5 Å². The molecule has 0 aliphatic carbocycles. The highest BCUT2D eigenvalue weighted by Crippen LogP contribution is 2.24. The van der Waals surface area contributed by atoms with Crippen molar-refractivity contribution in [2.24, 2.45) is 0 Å². The number of nitrogens with one attached hydrogen (secondary N) is 1. The van der Waals surface area contributed by atoms with Crippen molar-refractivity contribution in [3.8, 4) is 17.1 Å². The number of anilines is 1. The molecule has 0 saturated carbocycles. The van der Waals surface area contributed by atoms with Crippen LogP contribution in [0.3, 0.4) is 0 Å². The molecule has 0 fully saturated rings. The number of benzene rings is 1. The van der Waals surface area contributed by atoms with Crippen molar-refractivity contribution in [3.63, 3.8) is 0 Å². The third-order valence-corrected chi connectivity index (χ3v) is 4.91. The van der Waals surface area contributed by atoms with E-state index in [1.807, 2.05) is 0 Å². The number of nitrogens with zero attached hydrogens (tertiary/aromatic N) is 2. The van der Waals surface area contributed by atoms with E-state index in [0.29, 0.717) is 21.5 Å². The lowest BCUT2D eigenvalue weighted by Gasteiger charge is -2.00. The predicted molar refractivity (Wildman–Crippen MR) is 106 cm³/mol. The molecule has 0 unspecified atom stereocenters. The van der Waals surface area contributed by atoms with Gasteiger partial charge in [0.05, 0.1) is 18.4 Å². The smallest absolute Gasteiger partial charge is 0.348 e. The number of carbonyl (C=O) groups is 2. The first-order valence-corrected chi connectivity index (χ1v) is 9.53. The van der Waals surface area contributed by atoms with E-state index in [1.54, 1.807) is 55.6 Å². The van der Waals surface area contributed by atoms with Crippen LogP contribution in [0.1, 0.15) is 26.1 Å². The molecule has 0 aliphatic rings. The first-order valence-electron chi connectivity index (χ1n) is 8.71. The summed E-state index contributed by atoms with van der Waals surface area (Å²) in [4.78, 5) is 28.8. The normalized spacial score (nSPS) is 10.6. The second-order valence-electron chi connectivity index (χ2n) is 5.91. The zero-order valence-corrected chi connectivity index (χ0v) is 16.5. The third-order valence-electron chi connectivity index (χ3n) is 3.93. The van der Waals surface area contributed by atoms with Gasteiger partial charge in [-0.3, -0.25) is 4.79 Å². The number of hydrogen-bond acceptors (Lipinski definition) is 9. The topological polar surface area (TPSA) is 117 Å². The van der Waals surface area contributed by atoms with Gasteiger partial charge in [0.2, 0.25) is 5.82 Å². The Balaban J connectivity index is 1.33. The van der Waals surface area contributed by atoms with Crippen molar-refractivity contribution in [2.75, 3.05) is 12.4 Å². The van der Waals surface area contributed by atoms with Gasteiger partial charge in [-0.1, -0.05) is 5.16 Å². The van der Waals surface area contributed by atoms with Crippen LogP contribution in [-0.2, 0) is 11.3 Å². The zero-order chi connectivity index (χ0) is 20.9. The molecule has 9 nitrogen and oxygen atoms in total. The summed E-state index contributed by atoms with van der Waals surface area (Å²) >= 11 is 1.08. The van der Waals surface area contributed by atoms with Crippen LogP contribution in [0.2, 0.25) is 0 Å². The fourth-order valence-corrected chi connectivity index (χ4v) is 3.26. The monoisotopic (exact) mass is 425 g/mol. The van der Waals surface area contributed by atoms with Gasteiger partial charge in [-0.2, -0.15) is 4.98 Å². The van der Waals surface area contributed by atoms with Gasteiger partial charge in [0.15, 0.2) is 12.4 Å². The van der Waals surface area contributed by atoms with Gasteiger partial charge in [-0.15, -0.1) is 11.3 Å². The SMILES string of the molecule is COc1ccc(-c2noc(COC(=O)c3ccc(NC(=O)c4ccco4)s3)n2)cc1. The van der Waals surface area contributed by atoms with E-state index >= 15 is 0 Å². The van der Waals surface area contributed by atoms with Crippen molar-refractivity contribution < 1.29 is 28.0 Å². The van der Waals surface area contributed by atoms with Crippen LogP contribution in [-0.4, -0.2) is 29.1 Å². The van der Waals surface area contributed by atoms with Gasteiger partial charge in [0, 0.05) is 5.56 Å². The van der Waals surface area contributed by atoms with Crippen LogP contribution in [0.4, 0.5) is 5.00 Å². The molecule has 0 atom stereocenters. The van der Waals surface area contributed by atoms with Crippen molar-refractivity contribution in [2.45, 2.75) is 6.61 Å². The fraction of sp³-hybridized carbons (Fsp3) is 0.100. The Kier molecular flexibility index (Phi) is 5.57. The summed E-state index contributed by atoms with van der Waals surface area (Å²) in [7, 11) is 1.58. The molecule has 0 spiro atoms. The van der Waals surface area contributed by atoms with E-state index < -0.39 is 11.9 Å². The van der Waals surface area contributed by atoms with E-state index in [1.165, 1.54) is 6.26 Å². The minimum atomic E-state index is -0.567. The molecule has 3 aromatic heterocycles. The summed E-state index contributed by atoms with van der Waals surface area (Å²) in [6.45, 7) is -0.173. The van der Waals surface area contributed by atoms with Gasteiger partial charge in [0.25, 0.3) is 11.8 Å². The van der Waals surface area contributed by atoms with Crippen LogP contribution in [0.25, 0.3) is 11.4 Å². The lowest BCUT2D eigenvalue weighted by molar-refractivity contribution is 0.0435. The van der Waals surface area contributed by atoms with Gasteiger partial charge >= 0.3 is 5.97 Å². The quantitative estimate of drug-likeness (QED) is 0.442. The molecular weight excluding hydrogens is 410 g/mol. The van der Waals surface area contributed by atoms with Gasteiger partial charge in [0.1, 0.15) is 10.6 Å². The number of hydrogen-bond donors (Lipinski definition) is 1. The highest BCUT2D eigenvalue weighted by atomic mass is 32.1. The second-order valence-corrected chi connectivity index (χ2v) is 7.00. The minimum absolute atomic E-state index is 0.164. The van der Waals surface area contributed by atoms with Crippen LogP contribution in [0.5, 0.6) is 5.75 Å². The molecule has 0 saturated heterocycles. The molecule has 152 valence electrons. The Morgan fingerprint density at radius 3 is 2.70 bits per heavy atom. The molecule has 0 aliphatic heterocycles. The number of aromatic nitrogens is 2. The van der Waals surface area contributed by atoms with E-state index in [4.69, 9.17) is 18.4 Å². The lowest BCUT2D eigenvalue weighted by atomic mass is 10.2. The molecule has 0 bridgehead atoms. The highest BCUT2D eigenvalue weighted by Gasteiger charge is 2.16. The maximum Gasteiger partial charge on any atom is 0.348 e. The Morgan fingerprint density at radius 1 is 1.13 bits per heavy atom. The maximum atomic E-state index is 12.2. The molecule has 1 N–H and O–H groups in total. The Hall–Kier alpha value is -3.92. The number of carbonyl (C=O) groups excluding carboxylic acids is 2. The molecule has 1 aromatic carbocycles. The molecule has 10 heteroatoms. The standard InChI is InChI=1S/C20H15N3O6S/c1-26-13-6-4-12(5-7-13)18-21-16(29-23-18)11-28-20(25)15-8-9-17(30-15)22-19(24)14-3-2-10-27-14/h2-10H,11H2,1H3,(H,22,24). The number of esters is 1. The van der Waals surface area contributed by atoms with Crippen molar-refractivity contribution in [1.82, 2.24) is 10.1 Å². The maximum absolute atomic E-state index is 12.2. The van der Waals surface area contributed by atoms with Crippen molar-refractivity contribution in [3.05, 3.63) is 71.3 Å². The molecule has 0 radical (unpaired) electrons. The van der Waals surface area contributed by atoms with Gasteiger partial charge in [-0.25, -0.2) is 4.79 Å². The van der Waals surface area contributed by atoms with E-state index in [9.17, 15) is 9.59 Å². The van der Waals surface area contributed by atoms with E-state index in [-0.39, 0.29) is 18.3 Å². The number of rotatable bonds is 7. The number of furan rings is 1. The minimum Gasteiger partial charge on any atom is -0.497 e. The summed E-state index contributed by atoms with van der Waals surface area (Å²) in [5, 5.41) is 7.02. The Labute approximate surface area is 174 Å². The molecule has 3 heterocycles. The molecule has 4 aromatic rings. The summed E-state index contributed by atoms with van der Waals surface area (Å²) in [6, 6.07) is 13.5. The lowest BCUT2D eigenvalue weighted by Crippen LogP contribution is -2.09. The fourth-order valence-electron chi connectivity index (χ4n) is 2.47. The average Bonchev–Trinajstić information content (AvgIpc) is 3.54. The van der Waals surface area contributed by atoms with Crippen LogP contribution in [0, 0.1) is 0 Å². The molecule has 1 amide bonds. The van der Waals surface area contributed by atoms with E-state index in [0.717, 1.165) is 16.9 Å². The van der Waals surface area contributed by atoms with Crippen molar-refractivity contribution in [1.29, 1.82) is 0 Å². The van der Waals surface area contributed by atoms with E-state index in [2.05, 4.69) is 15.5 Å². The largest absolute Gasteiger partial charge is 0.497 e. The number of ether oxygens (including phenoxy) is 2. The molecular formula is C20H15N3O6S. The molecule has 30 heavy (non-hydrogen) atoms. The Bertz CT molecular complexity index is 1150. The summed E-state index contributed by atoms with van der Waals surface area (Å²) in [6.07, 6.45) is 1.41. The highest BCUT2D eigenvalue weighted by molar-refractivity contribution is 7.18. The van der Waals surface area contributed by atoms with Crippen LogP contribution >= 0.6 is 11.3 Å². The summed E-state index contributed by atoms with van der Waals surface area (Å²) in [5.74, 6) is 0.463. The van der Waals surface area contributed by atoms with Gasteiger partial charge < -0.3 is 23.7 Å². The molecule has 4 rings (SSSR count). The second kappa shape index (κ2) is 8.62. The van der Waals surface area contributed by atoms with Crippen LogP contribution in [0.15, 0.2) is 63.7 Å². The van der Waals surface area contributed by atoms with Crippen LogP contribution < -0.4 is 10.1 Å². The summed E-state index contributed by atoms with van der Waals surface area (Å²) < 4.78 is 20.5. The number of methoxy groups -OCH3 is 1. The number of thiophene rings is 1. The third kappa shape index (κ3) is 4.39. The first-order chi connectivity index (χ1) is 14.6. The summed E-state index contributed by atoms with van der Waals surface area (Å²) in [5.41, 5.74) is 0.743. The zero-order valence-electron chi connectivity index (χ0n) is 15.7. The predicted octanol–water partition coefficient (Wildman–Crippen LogP) is 4.01. The first kappa shape index (κ1) is 19.4. The number of amides is 1.